The first-order valence-corrected chi connectivity index (χ1v) is 13.0. The van der Waals surface area contributed by atoms with Gasteiger partial charge in [0.1, 0.15) is 47.1 Å². The Labute approximate surface area is 237 Å². The Hall–Kier alpha value is -5.29. The van der Waals surface area contributed by atoms with Crippen LogP contribution in [-0.2, 0) is 6.61 Å². The molecule has 8 heteroatoms. The Bertz CT molecular complexity index is 1640. The van der Waals surface area contributed by atoms with Crippen molar-refractivity contribution in [2.45, 2.75) is 32.5 Å². The molecule has 0 fully saturated rings. The second kappa shape index (κ2) is 11.8. The Kier molecular flexibility index (Phi) is 7.88. The Morgan fingerprint density at radius 2 is 1.66 bits per heavy atom. The summed E-state index contributed by atoms with van der Waals surface area (Å²) in [6.07, 6.45) is 0.0204. The van der Waals surface area contributed by atoms with Gasteiger partial charge in [0.15, 0.2) is 0 Å². The zero-order valence-electron chi connectivity index (χ0n) is 22.5. The molecule has 0 aliphatic carbocycles. The van der Waals surface area contributed by atoms with Crippen molar-refractivity contribution < 1.29 is 28.1 Å². The van der Waals surface area contributed by atoms with Gasteiger partial charge >= 0.3 is 5.97 Å². The molecule has 0 saturated carbocycles. The van der Waals surface area contributed by atoms with Crippen molar-refractivity contribution in [1.29, 1.82) is 5.26 Å². The van der Waals surface area contributed by atoms with Crippen molar-refractivity contribution in [3.8, 4) is 29.1 Å². The number of hydrogen-bond donors (Lipinski definition) is 1. The van der Waals surface area contributed by atoms with E-state index in [4.69, 9.17) is 24.7 Å². The predicted octanol–water partition coefficient (Wildman–Crippen LogP) is 6.63. The third kappa shape index (κ3) is 6.15. The van der Waals surface area contributed by atoms with Gasteiger partial charge in [-0.25, -0.2) is 9.18 Å². The van der Waals surface area contributed by atoms with Crippen LogP contribution in [0.4, 0.5) is 4.39 Å². The number of halogens is 1. The second-order valence-corrected chi connectivity index (χ2v) is 9.65. The molecular formula is C33H27FN2O5. The van der Waals surface area contributed by atoms with Crippen LogP contribution in [0.25, 0.3) is 0 Å². The van der Waals surface area contributed by atoms with Crippen molar-refractivity contribution in [3.05, 3.63) is 131 Å². The molecule has 0 amide bonds. The van der Waals surface area contributed by atoms with Crippen LogP contribution < -0.4 is 24.7 Å². The molecule has 1 heterocycles. The zero-order valence-corrected chi connectivity index (χ0v) is 22.5. The van der Waals surface area contributed by atoms with Gasteiger partial charge in [-0.3, -0.25) is 0 Å². The number of esters is 1. The van der Waals surface area contributed by atoms with E-state index in [1.165, 1.54) is 6.07 Å². The van der Waals surface area contributed by atoms with Gasteiger partial charge in [0.25, 0.3) is 0 Å². The van der Waals surface area contributed by atoms with Crippen molar-refractivity contribution >= 4 is 5.97 Å². The molecule has 41 heavy (non-hydrogen) atoms. The minimum Gasteiger partial charge on any atom is -0.491 e. The molecule has 1 aliphatic rings. The molecular weight excluding hydrogens is 523 g/mol. The minimum atomic E-state index is -0.541. The van der Waals surface area contributed by atoms with Gasteiger partial charge in [0, 0.05) is 17.2 Å². The summed E-state index contributed by atoms with van der Waals surface area (Å²) in [5, 5.41) is 9.87. The molecule has 4 aromatic rings. The summed E-state index contributed by atoms with van der Waals surface area (Å²) >= 11 is 0. The summed E-state index contributed by atoms with van der Waals surface area (Å²) in [6, 6.07) is 27.4. The summed E-state index contributed by atoms with van der Waals surface area (Å²) in [7, 11) is 0. The van der Waals surface area contributed by atoms with Gasteiger partial charge in [0.05, 0.1) is 17.6 Å². The number of carbonyl (C=O) groups excluding carboxylic acids is 1. The van der Waals surface area contributed by atoms with Crippen molar-refractivity contribution in [1.82, 2.24) is 0 Å². The number of nitrogens with two attached hydrogens (primary N) is 1. The number of carbonyl (C=O) groups is 1. The van der Waals surface area contributed by atoms with Gasteiger partial charge in [-0.1, -0.05) is 36.4 Å². The van der Waals surface area contributed by atoms with Crippen LogP contribution in [0.15, 0.2) is 102 Å². The predicted molar refractivity (Wildman–Crippen MR) is 150 cm³/mol. The van der Waals surface area contributed by atoms with Crippen LogP contribution in [-0.4, -0.2) is 12.1 Å². The molecule has 1 unspecified atom stereocenters. The molecule has 206 valence electrons. The van der Waals surface area contributed by atoms with E-state index < -0.39 is 11.9 Å². The fraction of sp³-hybridized carbons (Fsp3) is 0.152. The van der Waals surface area contributed by atoms with Crippen LogP contribution >= 0.6 is 0 Å². The lowest BCUT2D eigenvalue weighted by Crippen LogP contribution is -2.21. The topological polar surface area (TPSA) is 104 Å². The lowest BCUT2D eigenvalue weighted by Gasteiger charge is -2.26. The molecule has 2 N–H and O–H groups in total. The molecule has 5 rings (SSSR count). The van der Waals surface area contributed by atoms with Gasteiger partial charge in [-0.05, 0) is 67.9 Å². The number of benzene rings is 4. The molecule has 0 saturated heterocycles. The fourth-order valence-corrected chi connectivity index (χ4v) is 4.48. The van der Waals surface area contributed by atoms with E-state index in [2.05, 4.69) is 6.07 Å². The van der Waals surface area contributed by atoms with E-state index in [-0.39, 0.29) is 35.7 Å². The maximum absolute atomic E-state index is 13.9. The van der Waals surface area contributed by atoms with E-state index >= 15 is 0 Å². The van der Waals surface area contributed by atoms with Crippen molar-refractivity contribution in [2.24, 2.45) is 5.73 Å². The van der Waals surface area contributed by atoms with Gasteiger partial charge in [-0.2, -0.15) is 5.26 Å². The summed E-state index contributed by atoms with van der Waals surface area (Å²) in [6.45, 7) is 3.93. The number of fused-ring (bicyclic) bond motifs is 1. The third-order valence-corrected chi connectivity index (χ3v) is 6.43. The van der Waals surface area contributed by atoms with Gasteiger partial charge in [0.2, 0.25) is 5.88 Å². The summed E-state index contributed by atoms with van der Waals surface area (Å²) in [5.74, 6) is 0.423. The molecule has 0 bridgehead atoms. The lowest BCUT2D eigenvalue weighted by molar-refractivity contribution is 0.0734. The molecule has 1 aliphatic heterocycles. The highest BCUT2D eigenvalue weighted by molar-refractivity contribution is 5.91. The average Bonchev–Trinajstić information content (AvgIpc) is 2.96. The minimum absolute atomic E-state index is 0.0204. The highest BCUT2D eigenvalue weighted by Crippen LogP contribution is 2.43. The molecule has 4 aromatic carbocycles. The molecule has 1 atom stereocenters. The van der Waals surface area contributed by atoms with Gasteiger partial charge < -0.3 is 24.7 Å². The number of nitrogens with zero attached hydrogens (tertiary/aromatic N) is 1. The smallest absolute Gasteiger partial charge is 0.343 e. The zero-order chi connectivity index (χ0) is 28.9. The number of nitriles is 1. The standard InChI is InChI=1S/C33H27FN2O5/c1-20(2)39-25-13-9-22(10-14-25)33(37)40-26-15-16-27-30(17-26)41-32(36)28(18-35)31(27)21-7-11-24(12-8-21)38-19-23-5-3-4-6-29(23)34/h3-17,20,31H,19,36H2,1-2H3. The molecule has 7 nitrogen and oxygen atoms in total. The maximum Gasteiger partial charge on any atom is 0.343 e. The maximum atomic E-state index is 13.9. The van der Waals surface area contributed by atoms with E-state index in [1.54, 1.807) is 72.8 Å². The van der Waals surface area contributed by atoms with Crippen LogP contribution in [0.5, 0.6) is 23.0 Å². The first kappa shape index (κ1) is 27.3. The first-order valence-electron chi connectivity index (χ1n) is 13.0. The van der Waals surface area contributed by atoms with Gasteiger partial charge in [-0.15, -0.1) is 0 Å². The quantitative estimate of drug-likeness (QED) is 0.194. The fourth-order valence-electron chi connectivity index (χ4n) is 4.48. The molecule has 0 spiro atoms. The number of hydrogen-bond acceptors (Lipinski definition) is 7. The van der Waals surface area contributed by atoms with E-state index in [0.717, 1.165) is 5.56 Å². The van der Waals surface area contributed by atoms with Crippen LogP contribution in [0, 0.1) is 17.1 Å². The Morgan fingerprint density at radius 1 is 0.976 bits per heavy atom. The summed E-state index contributed by atoms with van der Waals surface area (Å²) in [4.78, 5) is 12.7. The first-order chi connectivity index (χ1) is 19.8. The van der Waals surface area contributed by atoms with E-state index in [9.17, 15) is 14.4 Å². The van der Waals surface area contributed by atoms with Crippen LogP contribution in [0.2, 0.25) is 0 Å². The second-order valence-electron chi connectivity index (χ2n) is 9.65. The Morgan fingerprint density at radius 3 is 2.34 bits per heavy atom. The van der Waals surface area contributed by atoms with Crippen LogP contribution in [0.3, 0.4) is 0 Å². The highest BCUT2D eigenvalue weighted by atomic mass is 19.1. The highest BCUT2D eigenvalue weighted by Gasteiger charge is 2.31. The summed E-state index contributed by atoms with van der Waals surface area (Å²) in [5.41, 5.74) is 8.67. The number of ether oxygens (including phenoxy) is 4. The van der Waals surface area contributed by atoms with Crippen molar-refractivity contribution in [2.75, 3.05) is 0 Å². The lowest BCUT2D eigenvalue weighted by atomic mass is 9.83. The monoisotopic (exact) mass is 550 g/mol. The normalized spacial score (nSPS) is 14.1. The SMILES string of the molecule is CC(C)Oc1ccc(C(=O)Oc2ccc3c(c2)OC(N)=C(C#N)C3c2ccc(OCc3ccccc3F)cc2)cc1. The van der Waals surface area contributed by atoms with E-state index in [1.807, 2.05) is 26.0 Å². The van der Waals surface area contributed by atoms with E-state index in [0.29, 0.717) is 33.9 Å². The average molecular weight is 551 g/mol. The third-order valence-electron chi connectivity index (χ3n) is 6.43. The number of allylic oxidation sites excluding steroid dienone is 1. The van der Waals surface area contributed by atoms with Crippen LogP contribution in [0.1, 0.15) is 46.8 Å². The molecule has 0 radical (unpaired) electrons. The largest absolute Gasteiger partial charge is 0.491 e. The number of rotatable bonds is 8. The molecule has 0 aromatic heterocycles. The summed E-state index contributed by atoms with van der Waals surface area (Å²) < 4.78 is 36.6. The van der Waals surface area contributed by atoms with Crippen molar-refractivity contribution in [3.63, 3.8) is 0 Å². The Balaban J connectivity index is 1.34.